The summed E-state index contributed by atoms with van der Waals surface area (Å²) >= 11 is 0. The summed E-state index contributed by atoms with van der Waals surface area (Å²) < 4.78 is 0. The molecule has 41 heavy (non-hydrogen) atoms. The van der Waals surface area contributed by atoms with Gasteiger partial charge in [0.05, 0.1) is 0 Å². The van der Waals surface area contributed by atoms with Crippen LogP contribution in [-0.2, 0) is 6.42 Å². The van der Waals surface area contributed by atoms with E-state index in [0.717, 1.165) is 0 Å². The van der Waals surface area contributed by atoms with Crippen molar-refractivity contribution in [2.75, 3.05) is 19.0 Å². The standard InChI is InChI=1S/C32H42.C8H11N/c1-2-3-4-5-6-7-8-9-10-11-12-13-14-15-17-26-20-21-29-23-22-27-18-16-19-28-24-25-30(26)32(29)31(27)28;1-9(2)8-6-4-3-5-7-8/h16,18-25H,2-15,17H2,1H3;3-7H,1-2H3. The molecule has 1 nitrogen and oxygen atoms in total. The van der Waals surface area contributed by atoms with Gasteiger partial charge in [0.25, 0.3) is 0 Å². The fourth-order valence-corrected chi connectivity index (χ4v) is 6.25. The van der Waals surface area contributed by atoms with Crippen molar-refractivity contribution in [3.8, 4) is 0 Å². The zero-order chi connectivity index (χ0) is 28.7. The van der Waals surface area contributed by atoms with Gasteiger partial charge >= 0.3 is 0 Å². The zero-order valence-corrected chi connectivity index (χ0v) is 26.1. The van der Waals surface area contributed by atoms with Crippen molar-refractivity contribution in [3.05, 3.63) is 90.5 Å². The molecule has 0 radical (unpaired) electrons. The number of unbranched alkanes of at least 4 members (excludes halogenated alkanes) is 13. The minimum absolute atomic E-state index is 1.21. The van der Waals surface area contributed by atoms with Crippen molar-refractivity contribution in [2.45, 2.75) is 103 Å². The molecule has 0 fully saturated rings. The van der Waals surface area contributed by atoms with Gasteiger partial charge in [0.2, 0.25) is 0 Å². The smallest absolute Gasteiger partial charge is 0.0360 e. The first-order valence-corrected chi connectivity index (χ1v) is 16.6. The Morgan fingerprint density at radius 3 is 1.46 bits per heavy atom. The Kier molecular flexibility index (Phi) is 12.8. The molecule has 5 aromatic rings. The first kappa shape index (κ1) is 30.9. The Labute approximate surface area is 250 Å². The van der Waals surface area contributed by atoms with Crippen molar-refractivity contribution in [2.24, 2.45) is 0 Å². The van der Waals surface area contributed by atoms with Crippen LogP contribution in [0.15, 0.2) is 84.9 Å². The van der Waals surface area contributed by atoms with Crippen LogP contribution in [0.4, 0.5) is 5.69 Å². The number of anilines is 1. The third kappa shape index (κ3) is 9.22. The lowest BCUT2D eigenvalue weighted by Gasteiger charge is -2.14. The van der Waals surface area contributed by atoms with Crippen LogP contribution >= 0.6 is 0 Å². The van der Waals surface area contributed by atoms with E-state index in [1.807, 2.05) is 32.3 Å². The van der Waals surface area contributed by atoms with E-state index in [0.29, 0.717) is 0 Å². The largest absolute Gasteiger partial charge is 0.378 e. The predicted molar refractivity (Wildman–Crippen MR) is 185 cm³/mol. The average molecular weight is 548 g/mol. The Morgan fingerprint density at radius 2 is 0.927 bits per heavy atom. The quantitative estimate of drug-likeness (QED) is 0.0877. The molecule has 0 saturated carbocycles. The van der Waals surface area contributed by atoms with Gasteiger partial charge in [0, 0.05) is 19.8 Å². The fourth-order valence-electron chi connectivity index (χ4n) is 6.25. The molecule has 218 valence electrons. The highest BCUT2D eigenvalue weighted by molar-refractivity contribution is 6.23. The van der Waals surface area contributed by atoms with E-state index in [2.05, 4.69) is 78.6 Å². The van der Waals surface area contributed by atoms with Crippen molar-refractivity contribution < 1.29 is 0 Å². The third-order valence-corrected chi connectivity index (χ3v) is 8.69. The van der Waals surface area contributed by atoms with Gasteiger partial charge in [-0.2, -0.15) is 0 Å². The van der Waals surface area contributed by atoms with Crippen LogP contribution in [0.25, 0.3) is 32.3 Å². The summed E-state index contributed by atoms with van der Waals surface area (Å²) in [6.07, 6.45) is 21.2. The fraction of sp³-hybridized carbons (Fsp3) is 0.450. The monoisotopic (exact) mass is 547 g/mol. The third-order valence-electron chi connectivity index (χ3n) is 8.69. The van der Waals surface area contributed by atoms with Gasteiger partial charge in [-0.25, -0.2) is 0 Å². The normalized spacial score (nSPS) is 11.3. The number of aryl methyl sites for hydroxylation is 1. The lowest BCUT2D eigenvalue weighted by atomic mass is 9.90. The minimum Gasteiger partial charge on any atom is -0.378 e. The summed E-state index contributed by atoms with van der Waals surface area (Å²) in [7, 11) is 4.07. The second-order valence-corrected chi connectivity index (χ2v) is 12.2. The number of benzene rings is 5. The lowest BCUT2D eigenvalue weighted by molar-refractivity contribution is 0.535. The van der Waals surface area contributed by atoms with Crippen LogP contribution in [0, 0.1) is 0 Å². The van der Waals surface area contributed by atoms with E-state index in [4.69, 9.17) is 0 Å². The van der Waals surface area contributed by atoms with Crippen molar-refractivity contribution in [1.82, 2.24) is 0 Å². The van der Waals surface area contributed by atoms with Crippen LogP contribution in [0.2, 0.25) is 0 Å². The number of hydrogen-bond donors (Lipinski definition) is 0. The van der Waals surface area contributed by atoms with Gasteiger partial charge in [-0.3, -0.25) is 0 Å². The lowest BCUT2D eigenvalue weighted by Crippen LogP contribution is -2.07. The first-order valence-electron chi connectivity index (χ1n) is 16.6. The van der Waals surface area contributed by atoms with Crippen LogP contribution in [0.1, 0.15) is 102 Å². The molecule has 1 heteroatoms. The van der Waals surface area contributed by atoms with E-state index in [-0.39, 0.29) is 0 Å². The number of para-hydroxylation sites is 1. The molecule has 0 spiro atoms. The van der Waals surface area contributed by atoms with E-state index in [9.17, 15) is 0 Å². The Bertz CT molecular complexity index is 1380. The SMILES string of the molecule is CCCCCCCCCCCCCCCCc1ccc2ccc3cccc4ccc1c2c34.CN(C)c1ccccc1. The maximum atomic E-state index is 2.38. The first-order chi connectivity index (χ1) is 20.2. The number of nitrogens with zero attached hydrogens (tertiary/aromatic N) is 1. The summed E-state index contributed by atoms with van der Waals surface area (Å²) in [5, 5.41) is 8.52. The molecule has 0 unspecified atom stereocenters. The average Bonchev–Trinajstić information content (AvgIpc) is 3.01. The summed E-state index contributed by atoms with van der Waals surface area (Å²) in [6.45, 7) is 2.30. The molecule has 0 saturated heterocycles. The molecule has 5 aromatic carbocycles. The van der Waals surface area contributed by atoms with Crippen molar-refractivity contribution in [1.29, 1.82) is 0 Å². The van der Waals surface area contributed by atoms with Crippen LogP contribution < -0.4 is 4.90 Å². The van der Waals surface area contributed by atoms with Gasteiger partial charge in [0.1, 0.15) is 0 Å². The molecule has 0 atom stereocenters. The molecular formula is C40H53N. The highest BCUT2D eigenvalue weighted by Crippen LogP contribution is 2.36. The van der Waals surface area contributed by atoms with E-state index < -0.39 is 0 Å². The topological polar surface area (TPSA) is 3.24 Å². The van der Waals surface area contributed by atoms with Crippen LogP contribution in [0.3, 0.4) is 0 Å². The molecule has 0 aliphatic heterocycles. The van der Waals surface area contributed by atoms with Crippen molar-refractivity contribution in [3.63, 3.8) is 0 Å². The Hall–Kier alpha value is -3.06. The predicted octanol–water partition coefficient (Wildman–Crippen LogP) is 12.4. The van der Waals surface area contributed by atoms with Gasteiger partial charge < -0.3 is 4.90 Å². The second-order valence-electron chi connectivity index (χ2n) is 12.2. The molecule has 0 amide bonds. The molecule has 0 heterocycles. The highest BCUT2D eigenvalue weighted by Gasteiger charge is 2.10. The zero-order valence-electron chi connectivity index (χ0n) is 26.1. The summed E-state index contributed by atoms with van der Waals surface area (Å²) in [5.41, 5.74) is 2.78. The number of rotatable bonds is 16. The van der Waals surface area contributed by atoms with Crippen molar-refractivity contribution >= 4 is 38.0 Å². The van der Waals surface area contributed by atoms with E-state index >= 15 is 0 Å². The van der Waals surface area contributed by atoms with Crippen LogP contribution in [-0.4, -0.2) is 14.1 Å². The Balaban J connectivity index is 0.000000367. The molecule has 0 bridgehead atoms. The van der Waals surface area contributed by atoms with Gasteiger partial charge in [-0.15, -0.1) is 0 Å². The summed E-state index contributed by atoms with van der Waals surface area (Å²) in [4.78, 5) is 2.08. The molecule has 0 N–H and O–H groups in total. The van der Waals surface area contributed by atoms with E-state index in [1.54, 1.807) is 0 Å². The highest BCUT2D eigenvalue weighted by atomic mass is 15.1. The Morgan fingerprint density at radius 1 is 0.439 bits per heavy atom. The van der Waals surface area contributed by atoms with E-state index in [1.165, 1.54) is 140 Å². The second kappa shape index (κ2) is 17.0. The van der Waals surface area contributed by atoms with Gasteiger partial charge in [-0.1, -0.05) is 163 Å². The van der Waals surface area contributed by atoms with Crippen LogP contribution in [0.5, 0.6) is 0 Å². The molecule has 0 aliphatic carbocycles. The maximum Gasteiger partial charge on any atom is 0.0360 e. The molecule has 0 aliphatic rings. The minimum atomic E-state index is 1.21. The summed E-state index contributed by atoms with van der Waals surface area (Å²) in [5.74, 6) is 0. The maximum absolute atomic E-state index is 2.38. The number of hydrogen-bond acceptors (Lipinski definition) is 1. The van der Waals surface area contributed by atoms with Gasteiger partial charge in [-0.05, 0) is 62.9 Å². The molecule has 0 aromatic heterocycles. The molecule has 5 rings (SSSR count). The molecular weight excluding hydrogens is 494 g/mol. The van der Waals surface area contributed by atoms with Gasteiger partial charge in [0.15, 0.2) is 0 Å². The summed E-state index contributed by atoms with van der Waals surface area (Å²) in [6, 6.07) is 30.9.